The van der Waals surface area contributed by atoms with Crippen molar-refractivity contribution < 1.29 is 18.0 Å². The summed E-state index contributed by atoms with van der Waals surface area (Å²) in [7, 11) is 0. The van der Waals surface area contributed by atoms with Crippen molar-refractivity contribution in [2.45, 2.75) is 0 Å². The molecule has 0 radical (unpaired) electrons. The Kier molecular flexibility index (Phi) is 3.80. The Morgan fingerprint density at radius 3 is 2.25 bits per heavy atom. The number of benzene rings is 1. The molecule has 2 aromatic rings. The molecule has 0 fully saturated rings. The smallest absolute Gasteiger partial charge is 0.276 e. The lowest BCUT2D eigenvalue weighted by Gasteiger charge is -2.07. The molecule has 104 valence electrons. The van der Waals surface area contributed by atoms with Gasteiger partial charge in [0.15, 0.2) is 17.5 Å². The van der Waals surface area contributed by atoms with Crippen LogP contribution >= 0.6 is 0 Å². The first-order valence-corrected chi connectivity index (χ1v) is 5.26. The van der Waals surface area contributed by atoms with Gasteiger partial charge in [0.25, 0.3) is 5.91 Å². The van der Waals surface area contributed by atoms with E-state index in [2.05, 4.69) is 15.4 Å². The Hall–Kier alpha value is -2.68. The number of nitrogen functional groups attached to an aromatic ring is 1. The van der Waals surface area contributed by atoms with Crippen LogP contribution in [0.25, 0.3) is 0 Å². The van der Waals surface area contributed by atoms with Crippen molar-refractivity contribution in [1.29, 1.82) is 0 Å². The van der Waals surface area contributed by atoms with Gasteiger partial charge in [-0.1, -0.05) is 0 Å². The maximum absolute atomic E-state index is 13.3. The molecule has 1 heterocycles. The van der Waals surface area contributed by atoms with E-state index in [0.29, 0.717) is 12.1 Å². The average molecular weight is 283 g/mol. The van der Waals surface area contributed by atoms with Gasteiger partial charge in [0.2, 0.25) is 0 Å². The van der Waals surface area contributed by atoms with Crippen LogP contribution in [0.3, 0.4) is 0 Å². The zero-order valence-corrected chi connectivity index (χ0v) is 9.82. The van der Waals surface area contributed by atoms with E-state index in [-0.39, 0.29) is 11.5 Å². The van der Waals surface area contributed by atoms with Gasteiger partial charge in [0.1, 0.15) is 17.2 Å². The van der Waals surface area contributed by atoms with Crippen LogP contribution in [0, 0.1) is 17.5 Å². The molecular weight excluding hydrogens is 275 g/mol. The summed E-state index contributed by atoms with van der Waals surface area (Å²) in [6.45, 7) is 0. The molecule has 9 heteroatoms. The van der Waals surface area contributed by atoms with Gasteiger partial charge < -0.3 is 10.7 Å². The van der Waals surface area contributed by atoms with Crippen LogP contribution in [0.2, 0.25) is 0 Å². The van der Waals surface area contributed by atoms with Gasteiger partial charge in [-0.3, -0.25) is 4.79 Å². The molecule has 0 aliphatic heterocycles. The molecule has 1 aromatic carbocycles. The summed E-state index contributed by atoms with van der Waals surface area (Å²) in [5, 5.41) is 1.95. The highest BCUT2D eigenvalue weighted by Gasteiger charge is 2.16. The topological polar surface area (TPSA) is 92.9 Å². The number of hydrogen-bond donors (Lipinski definition) is 3. The van der Waals surface area contributed by atoms with Crippen molar-refractivity contribution in [2.24, 2.45) is 5.84 Å². The normalized spacial score (nSPS) is 10.2. The Bertz CT molecular complexity index is 624. The van der Waals surface area contributed by atoms with Crippen molar-refractivity contribution >= 4 is 17.4 Å². The van der Waals surface area contributed by atoms with Crippen LogP contribution in [0.4, 0.5) is 24.7 Å². The Balaban J connectivity index is 2.23. The zero-order valence-electron chi connectivity index (χ0n) is 9.82. The van der Waals surface area contributed by atoms with E-state index in [1.54, 1.807) is 0 Å². The van der Waals surface area contributed by atoms with E-state index in [1.807, 2.05) is 5.32 Å². The van der Waals surface area contributed by atoms with E-state index in [1.165, 1.54) is 0 Å². The lowest BCUT2D eigenvalue weighted by atomic mass is 10.2. The summed E-state index contributed by atoms with van der Waals surface area (Å²) in [6, 6.07) is 0.900. The lowest BCUT2D eigenvalue weighted by Crippen LogP contribution is -2.17. The monoisotopic (exact) mass is 283 g/mol. The number of nitrogens with two attached hydrogens (primary N) is 1. The zero-order chi connectivity index (χ0) is 14.7. The second-order valence-corrected chi connectivity index (χ2v) is 3.63. The first-order valence-electron chi connectivity index (χ1n) is 5.26. The van der Waals surface area contributed by atoms with E-state index < -0.39 is 29.0 Å². The summed E-state index contributed by atoms with van der Waals surface area (Å²) in [4.78, 5) is 19.1. The molecule has 4 N–H and O–H groups in total. The van der Waals surface area contributed by atoms with Crippen LogP contribution in [0.1, 0.15) is 10.5 Å². The first kappa shape index (κ1) is 13.7. The molecule has 0 unspecified atom stereocenters. The van der Waals surface area contributed by atoms with Gasteiger partial charge in [0.05, 0.1) is 12.4 Å². The number of hydrazine groups is 1. The van der Waals surface area contributed by atoms with Crippen LogP contribution in [-0.4, -0.2) is 15.9 Å². The highest BCUT2D eigenvalue weighted by atomic mass is 19.1. The number of hydrogen-bond acceptors (Lipinski definition) is 5. The lowest BCUT2D eigenvalue weighted by molar-refractivity contribution is 0.102. The van der Waals surface area contributed by atoms with Crippen molar-refractivity contribution in [3.05, 3.63) is 47.7 Å². The number of nitrogens with zero attached hydrogens (tertiary/aromatic N) is 2. The van der Waals surface area contributed by atoms with Crippen LogP contribution in [-0.2, 0) is 0 Å². The third kappa shape index (κ3) is 2.83. The fraction of sp³-hybridized carbons (Fsp3) is 0. The molecular formula is C11H8F3N5O. The van der Waals surface area contributed by atoms with E-state index in [0.717, 1.165) is 12.4 Å². The van der Waals surface area contributed by atoms with Crippen LogP contribution in [0.15, 0.2) is 24.5 Å². The number of carbonyl (C=O) groups excluding carboxylic acids is 1. The van der Waals surface area contributed by atoms with Crippen LogP contribution in [0.5, 0.6) is 0 Å². The predicted octanol–water partition coefficient (Wildman–Crippen LogP) is 1.43. The van der Waals surface area contributed by atoms with E-state index in [9.17, 15) is 18.0 Å². The number of carbonyl (C=O) groups is 1. The van der Waals surface area contributed by atoms with Crippen molar-refractivity contribution in [3.8, 4) is 0 Å². The molecule has 2 rings (SSSR count). The minimum absolute atomic E-state index is 0.188. The van der Waals surface area contributed by atoms with Gasteiger partial charge in [-0.05, 0) is 0 Å². The SMILES string of the molecule is NNc1cnc(C(=O)Nc2c(F)cc(F)cc2F)cn1. The van der Waals surface area contributed by atoms with Crippen molar-refractivity contribution in [2.75, 3.05) is 10.7 Å². The van der Waals surface area contributed by atoms with E-state index >= 15 is 0 Å². The molecule has 0 aliphatic carbocycles. The average Bonchev–Trinajstić information content (AvgIpc) is 2.42. The molecule has 0 bridgehead atoms. The van der Waals surface area contributed by atoms with Gasteiger partial charge in [0, 0.05) is 12.1 Å². The second kappa shape index (κ2) is 5.53. The third-order valence-electron chi connectivity index (χ3n) is 2.28. The first-order chi connectivity index (χ1) is 9.51. The molecule has 20 heavy (non-hydrogen) atoms. The maximum Gasteiger partial charge on any atom is 0.276 e. The van der Waals surface area contributed by atoms with Crippen molar-refractivity contribution in [1.82, 2.24) is 9.97 Å². The predicted molar refractivity (Wildman–Crippen MR) is 64.1 cm³/mol. The molecule has 1 aromatic heterocycles. The number of amides is 1. The Morgan fingerprint density at radius 1 is 1.10 bits per heavy atom. The number of nitrogens with one attached hydrogen (secondary N) is 2. The molecule has 1 amide bonds. The van der Waals surface area contributed by atoms with Crippen molar-refractivity contribution in [3.63, 3.8) is 0 Å². The minimum Gasteiger partial charge on any atom is -0.316 e. The fourth-order valence-corrected chi connectivity index (χ4v) is 1.36. The molecule has 0 atom stereocenters. The molecule has 0 spiro atoms. The second-order valence-electron chi connectivity index (χ2n) is 3.63. The van der Waals surface area contributed by atoms with E-state index in [4.69, 9.17) is 5.84 Å². The van der Waals surface area contributed by atoms with Gasteiger partial charge in [-0.2, -0.15) is 0 Å². The summed E-state index contributed by atoms with van der Waals surface area (Å²) in [5.41, 5.74) is 1.25. The molecule has 0 saturated heterocycles. The third-order valence-corrected chi connectivity index (χ3v) is 2.28. The number of aromatic nitrogens is 2. The Morgan fingerprint density at radius 2 is 1.75 bits per heavy atom. The number of anilines is 2. The fourth-order valence-electron chi connectivity index (χ4n) is 1.36. The quantitative estimate of drug-likeness (QED) is 0.585. The highest BCUT2D eigenvalue weighted by Crippen LogP contribution is 2.20. The largest absolute Gasteiger partial charge is 0.316 e. The van der Waals surface area contributed by atoms with Gasteiger partial charge in [-0.15, -0.1) is 0 Å². The highest BCUT2D eigenvalue weighted by molar-refractivity contribution is 6.02. The summed E-state index contributed by atoms with van der Waals surface area (Å²) in [5.74, 6) is 0.825. The van der Waals surface area contributed by atoms with Crippen LogP contribution < -0.4 is 16.6 Å². The minimum atomic E-state index is -1.23. The Labute approximate surface area is 110 Å². The van der Waals surface area contributed by atoms with Gasteiger partial charge >= 0.3 is 0 Å². The summed E-state index contributed by atoms with van der Waals surface area (Å²) >= 11 is 0. The summed E-state index contributed by atoms with van der Waals surface area (Å²) in [6.07, 6.45) is 2.22. The summed E-state index contributed by atoms with van der Waals surface area (Å²) < 4.78 is 39.4. The number of rotatable bonds is 3. The molecule has 0 aliphatic rings. The maximum atomic E-state index is 13.3. The molecule has 6 nitrogen and oxygen atoms in total. The standard InChI is InChI=1S/C11H8F3N5O/c12-5-1-6(13)10(7(14)2-5)18-11(20)8-3-17-9(19-15)4-16-8/h1-4H,15H2,(H,17,19)(H,18,20). The van der Waals surface area contributed by atoms with Gasteiger partial charge in [-0.25, -0.2) is 29.0 Å². The molecule has 0 saturated carbocycles. The number of halogens is 3.